The minimum absolute atomic E-state index is 0.561. The number of hydrogen-bond donors (Lipinski definition) is 0. The first kappa shape index (κ1) is 16.9. The van der Waals surface area contributed by atoms with Crippen LogP contribution < -0.4 is 0 Å². The lowest BCUT2D eigenvalue weighted by molar-refractivity contribution is 0.429. The van der Waals surface area contributed by atoms with Crippen LogP contribution in [0.15, 0.2) is 42.7 Å². The Morgan fingerprint density at radius 1 is 1.04 bits per heavy atom. The third-order valence-electron chi connectivity index (χ3n) is 5.09. The van der Waals surface area contributed by atoms with Gasteiger partial charge in [0.25, 0.3) is 0 Å². The summed E-state index contributed by atoms with van der Waals surface area (Å²) >= 11 is 0. The van der Waals surface area contributed by atoms with Gasteiger partial charge in [-0.3, -0.25) is 9.67 Å². The van der Waals surface area contributed by atoms with Crippen molar-refractivity contribution >= 4 is 0 Å². The topological polar surface area (TPSA) is 30.7 Å². The van der Waals surface area contributed by atoms with Gasteiger partial charge in [0.05, 0.1) is 11.9 Å². The predicted molar refractivity (Wildman–Crippen MR) is 97.5 cm³/mol. The molecule has 3 nitrogen and oxygen atoms in total. The van der Waals surface area contributed by atoms with E-state index in [0.717, 1.165) is 29.4 Å². The van der Waals surface area contributed by atoms with Crippen molar-refractivity contribution in [3.8, 4) is 22.4 Å². The summed E-state index contributed by atoms with van der Waals surface area (Å²) in [6.45, 7) is 2.82. The minimum Gasteiger partial charge on any atom is -0.272 e. The lowest BCUT2D eigenvalue weighted by Gasteiger charge is -2.10. The van der Waals surface area contributed by atoms with E-state index in [2.05, 4.69) is 10.1 Å². The fraction of sp³-hybridized carbons (Fsp3) is 0.333. The molecule has 0 saturated heterocycles. The third kappa shape index (κ3) is 3.39. The van der Waals surface area contributed by atoms with Gasteiger partial charge in [-0.2, -0.15) is 5.10 Å². The van der Waals surface area contributed by atoms with Crippen molar-refractivity contribution in [1.82, 2.24) is 14.8 Å². The molecule has 1 fully saturated rings. The fourth-order valence-electron chi connectivity index (χ4n) is 3.71. The largest absolute Gasteiger partial charge is 0.272 e. The monoisotopic (exact) mass is 353 g/mol. The highest BCUT2D eigenvalue weighted by Crippen LogP contribution is 2.32. The summed E-state index contributed by atoms with van der Waals surface area (Å²) in [5.41, 5.74) is 3.84. The Balaban J connectivity index is 1.70. The maximum Gasteiger partial charge on any atom is 0.159 e. The quantitative estimate of drug-likeness (QED) is 0.630. The summed E-state index contributed by atoms with van der Waals surface area (Å²) in [4.78, 5) is 4.58. The number of halogens is 2. The predicted octanol–water partition coefficient (Wildman–Crippen LogP) is 5.39. The molecule has 0 bridgehead atoms. The van der Waals surface area contributed by atoms with E-state index in [0.29, 0.717) is 17.2 Å². The molecule has 0 radical (unpaired) electrons. The summed E-state index contributed by atoms with van der Waals surface area (Å²) in [5.74, 6) is -1.02. The number of rotatable bonds is 4. The van der Waals surface area contributed by atoms with Crippen LogP contribution in [-0.4, -0.2) is 14.8 Å². The van der Waals surface area contributed by atoms with E-state index in [-0.39, 0.29) is 0 Å². The van der Waals surface area contributed by atoms with E-state index in [9.17, 15) is 8.78 Å². The van der Waals surface area contributed by atoms with Crippen LogP contribution in [0.5, 0.6) is 0 Å². The van der Waals surface area contributed by atoms with Crippen LogP contribution >= 0.6 is 0 Å². The van der Waals surface area contributed by atoms with Gasteiger partial charge in [0, 0.05) is 35.1 Å². The lowest BCUT2D eigenvalue weighted by atomic mass is 10.0. The molecule has 1 saturated carbocycles. The second kappa shape index (κ2) is 6.98. The Morgan fingerprint density at radius 3 is 2.62 bits per heavy atom. The first-order valence-electron chi connectivity index (χ1n) is 9.06. The van der Waals surface area contributed by atoms with E-state index in [4.69, 9.17) is 0 Å². The molecule has 1 aromatic carbocycles. The second-order valence-electron chi connectivity index (χ2n) is 7.08. The third-order valence-corrected chi connectivity index (χ3v) is 5.09. The number of nitrogens with zero attached hydrogens (tertiary/aromatic N) is 3. The summed E-state index contributed by atoms with van der Waals surface area (Å²) in [5, 5.41) is 4.50. The van der Waals surface area contributed by atoms with Crippen LogP contribution in [0.3, 0.4) is 0 Å². The number of aromatic nitrogens is 3. The molecule has 0 amide bonds. The molecule has 2 aromatic heterocycles. The van der Waals surface area contributed by atoms with Crippen LogP contribution in [-0.2, 0) is 6.54 Å². The van der Waals surface area contributed by atoms with Crippen molar-refractivity contribution in [1.29, 1.82) is 0 Å². The molecule has 2 heterocycles. The van der Waals surface area contributed by atoms with Crippen LogP contribution in [0, 0.1) is 24.5 Å². The molecule has 1 aliphatic rings. The molecule has 0 N–H and O–H groups in total. The number of pyridine rings is 1. The van der Waals surface area contributed by atoms with Gasteiger partial charge in [-0.1, -0.05) is 18.9 Å². The highest BCUT2D eigenvalue weighted by Gasteiger charge is 2.17. The molecular weight excluding hydrogens is 332 g/mol. The number of benzene rings is 1. The Bertz CT molecular complexity index is 927. The molecule has 1 aliphatic carbocycles. The van der Waals surface area contributed by atoms with Gasteiger partial charge in [0.15, 0.2) is 11.6 Å². The van der Waals surface area contributed by atoms with Gasteiger partial charge in [-0.05, 0) is 49.9 Å². The minimum atomic E-state index is -0.867. The van der Waals surface area contributed by atoms with Gasteiger partial charge < -0.3 is 0 Å². The maximum absolute atomic E-state index is 13.7. The smallest absolute Gasteiger partial charge is 0.159 e. The van der Waals surface area contributed by atoms with Crippen molar-refractivity contribution in [3.05, 3.63) is 60.1 Å². The van der Waals surface area contributed by atoms with E-state index in [1.807, 2.05) is 36.1 Å². The van der Waals surface area contributed by atoms with Crippen molar-refractivity contribution in [2.75, 3.05) is 0 Å². The Hall–Kier alpha value is -2.56. The molecule has 26 heavy (non-hydrogen) atoms. The van der Waals surface area contributed by atoms with Crippen molar-refractivity contribution < 1.29 is 8.78 Å². The van der Waals surface area contributed by atoms with Crippen molar-refractivity contribution in [3.63, 3.8) is 0 Å². The van der Waals surface area contributed by atoms with Crippen LogP contribution in [0.25, 0.3) is 22.4 Å². The first-order valence-corrected chi connectivity index (χ1v) is 9.06. The van der Waals surface area contributed by atoms with E-state index < -0.39 is 11.6 Å². The highest BCUT2D eigenvalue weighted by molar-refractivity contribution is 5.80. The van der Waals surface area contributed by atoms with Gasteiger partial charge in [-0.15, -0.1) is 0 Å². The Kier molecular flexibility index (Phi) is 4.53. The Labute approximate surface area is 151 Å². The van der Waals surface area contributed by atoms with Gasteiger partial charge >= 0.3 is 0 Å². The molecule has 0 unspecified atom stereocenters. The first-order chi connectivity index (χ1) is 12.6. The zero-order valence-corrected chi connectivity index (χ0v) is 14.8. The summed E-state index contributed by atoms with van der Waals surface area (Å²) in [7, 11) is 0. The number of hydrogen-bond acceptors (Lipinski definition) is 2. The summed E-state index contributed by atoms with van der Waals surface area (Å²) < 4.78 is 29.0. The van der Waals surface area contributed by atoms with E-state index >= 15 is 0 Å². The van der Waals surface area contributed by atoms with Crippen molar-refractivity contribution in [2.24, 2.45) is 5.92 Å². The van der Waals surface area contributed by atoms with E-state index in [1.54, 1.807) is 6.07 Å². The zero-order chi connectivity index (χ0) is 18.1. The standard InChI is InChI=1S/C21H21F2N3/c1-14-6-8-18(21(25-14)16-7-9-19(22)20(23)10-16)17-11-24-26(13-17)12-15-4-2-3-5-15/h6-11,13,15H,2-5,12H2,1H3. The molecular formula is C21H21F2N3. The summed E-state index contributed by atoms with van der Waals surface area (Å²) in [6.07, 6.45) is 8.99. The zero-order valence-electron chi connectivity index (χ0n) is 14.8. The molecule has 4 rings (SSSR count). The second-order valence-corrected chi connectivity index (χ2v) is 7.08. The fourth-order valence-corrected chi connectivity index (χ4v) is 3.71. The lowest BCUT2D eigenvalue weighted by Crippen LogP contribution is -2.07. The van der Waals surface area contributed by atoms with Gasteiger partial charge in [0.2, 0.25) is 0 Å². The Morgan fingerprint density at radius 2 is 1.85 bits per heavy atom. The summed E-state index contributed by atoms with van der Waals surface area (Å²) in [6, 6.07) is 7.79. The van der Waals surface area contributed by atoms with Crippen LogP contribution in [0.2, 0.25) is 0 Å². The van der Waals surface area contributed by atoms with Crippen molar-refractivity contribution in [2.45, 2.75) is 39.2 Å². The molecule has 0 spiro atoms. The van der Waals surface area contributed by atoms with Crippen LogP contribution in [0.4, 0.5) is 8.78 Å². The number of aryl methyl sites for hydroxylation is 1. The highest BCUT2D eigenvalue weighted by atomic mass is 19.2. The molecule has 134 valence electrons. The maximum atomic E-state index is 13.7. The SMILES string of the molecule is Cc1ccc(-c2cnn(CC3CCCC3)c2)c(-c2ccc(F)c(F)c2)n1. The molecule has 3 aromatic rings. The van der Waals surface area contributed by atoms with Gasteiger partial charge in [-0.25, -0.2) is 8.78 Å². The molecule has 0 aliphatic heterocycles. The van der Waals surface area contributed by atoms with E-state index in [1.165, 1.54) is 31.7 Å². The average molecular weight is 353 g/mol. The van der Waals surface area contributed by atoms with Crippen LogP contribution in [0.1, 0.15) is 31.4 Å². The van der Waals surface area contributed by atoms with Gasteiger partial charge in [0.1, 0.15) is 0 Å². The molecule has 5 heteroatoms. The molecule has 0 atom stereocenters. The normalized spacial score (nSPS) is 14.9. The average Bonchev–Trinajstić information content (AvgIpc) is 3.30.